The number of hydrogen-bond acceptors (Lipinski definition) is 3. The number of piperidine rings is 1. The largest absolute Gasteiger partial charge is 0.481 e. The van der Waals surface area contributed by atoms with Crippen LogP contribution >= 0.6 is 34.5 Å². The molecule has 1 aromatic heterocycles. The van der Waals surface area contributed by atoms with Crippen molar-refractivity contribution in [3.63, 3.8) is 0 Å². The van der Waals surface area contributed by atoms with Gasteiger partial charge in [-0.25, -0.2) is 0 Å². The van der Waals surface area contributed by atoms with Gasteiger partial charge in [0.2, 0.25) is 0 Å². The van der Waals surface area contributed by atoms with Gasteiger partial charge in [-0.3, -0.25) is 9.69 Å². The SMILES string of the molecule is O=C(O)C1CCCN(C(c2ccc(Cl)c(Cl)c2)c2csc3ccccc23)C1. The summed E-state index contributed by atoms with van der Waals surface area (Å²) < 4.78 is 1.23. The van der Waals surface area contributed by atoms with Crippen LogP contribution in [-0.2, 0) is 4.79 Å². The first-order valence-electron chi connectivity index (χ1n) is 8.92. The number of aliphatic carboxylic acids is 1. The summed E-state index contributed by atoms with van der Waals surface area (Å²) in [6.07, 6.45) is 1.60. The highest BCUT2D eigenvalue weighted by atomic mass is 35.5. The molecule has 1 aliphatic rings. The van der Waals surface area contributed by atoms with Gasteiger partial charge in [-0.1, -0.05) is 47.5 Å². The number of carboxylic acids is 1. The van der Waals surface area contributed by atoms with Gasteiger partial charge in [-0.05, 0) is 59.5 Å². The number of hydrogen-bond donors (Lipinski definition) is 1. The molecule has 1 fully saturated rings. The summed E-state index contributed by atoms with van der Waals surface area (Å²) in [6.45, 7) is 1.39. The van der Waals surface area contributed by atoms with Gasteiger partial charge in [0.25, 0.3) is 0 Å². The fraction of sp³-hybridized carbons (Fsp3) is 0.286. The number of likely N-dealkylation sites (tertiary alicyclic amines) is 1. The second-order valence-corrected chi connectivity index (χ2v) is 8.66. The van der Waals surface area contributed by atoms with Gasteiger partial charge in [0.15, 0.2) is 0 Å². The maximum atomic E-state index is 11.6. The Hall–Kier alpha value is -1.59. The second-order valence-electron chi connectivity index (χ2n) is 6.94. The molecule has 0 aliphatic carbocycles. The van der Waals surface area contributed by atoms with Crippen molar-refractivity contribution in [3.05, 3.63) is 69.0 Å². The highest BCUT2D eigenvalue weighted by molar-refractivity contribution is 7.17. The van der Waals surface area contributed by atoms with E-state index in [1.165, 1.54) is 15.6 Å². The first kappa shape index (κ1) is 18.8. The van der Waals surface area contributed by atoms with E-state index in [1.807, 2.05) is 30.3 Å². The number of carboxylic acid groups (broad SMARTS) is 1. The van der Waals surface area contributed by atoms with Crippen LogP contribution in [0.5, 0.6) is 0 Å². The molecule has 2 heterocycles. The van der Waals surface area contributed by atoms with Crippen molar-refractivity contribution in [1.29, 1.82) is 0 Å². The van der Waals surface area contributed by atoms with Crippen molar-refractivity contribution in [2.45, 2.75) is 18.9 Å². The second kappa shape index (κ2) is 7.80. The van der Waals surface area contributed by atoms with E-state index in [0.717, 1.165) is 24.9 Å². The van der Waals surface area contributed by atoms with E-state index >= 15 is 0 Å². The van der Waals surface area contributed by atoms with Crippen LogP contribution in [0, 0.1) is 5.92 Å². The zero-order valence-electron chi connectivity index (χ0n) is 14.6. The lowest BCUT2D eigenvalue weighted by molar-refractivity contribution is -0.143. The minimum Gasteiger partial charge on any atom is -0.481 e. The van der Waals surface area contributed by atoms with Crippen molar-refractivity contribution >= 4 is 50.6 Å². The Morgan fingerprint density at radius 2 is 2.00 bits per heavy atom. The molecule has 1 aliphatic heterocycles. The van der Waals surface area contributed by atoms with Gasteiger partial charge in [0, 0.05) is 11.2 Å². The summed E-state index contributed by atoms with van der Waals surface area (Å²) in [4.78, 5) is 13.9. The monoisotopic (exact) mass is 419 g/mol. The summed E-state index contributed by atoms with van der Waals surface area (Å²) >= 11 is 14.2. The first-order valence-corrected chi connectivity index (χ1v) is 10.6. The molecule has 3 aromatic rings. The quantitative estimate of drug-likeness (QED) is 0.555. The third kappa shape index (κ3) is 3.72. The van der Waals surface area contributed by atoms with Gasteiger partial charge in [-0.2, -0.15) is 0 Å². The fourth-order valence-corrected chi connectivity index (χ4v) is 5.21. The predicted molar refractivity (Wildman–Crippen MR) is 112 cm³/mol. The highest BCUT2D eigenvalue weighted by Gasteiger charge is 2.32. The molecule has 2 aromatic carbocycles. The van der Waals surface area contributed by atoms with Gasteiger partial charge in [-0.15, -0.1) is 11.3 Å². The van der Waals surface area contributed by atoms with Crippen molar-refractivity contribution < 1.29 is 9.90 Å². The molecule has 2 unspecified atom stereocenters. The molecule has 0 spiro atoms. The molecule has 27 heavy (non-hydrogen) atoms. The summed E-state index contributed by atoms with van der Waals surface area (Å²) in [5.74, 6) is -1.06. The molecule has 0 bridgehead atoms. The maximum Gasteiger partial charge on any atom is 0.307 e. The number of thiophene rings is 1. The van der Waals surface area contributed by atoms with Gasteiger partial charge in [0.1, 0.15) is 0 Å². The van der Waals surface area contributed by atoms with E-state index in [9.17, 15) is 9.90 Å². The molecule has 0 saturated carbocycles. The Labute approximate surface area is 172 Å². The van der Waals surface area contributed by atoms with E-state index in [-0.39, 0.29) is 12.0 Å². The average molecular weight is 420 g/mol. The van der Waals surface area contributed by atoms with Crippen molar-refractivity contribution in [2.24, 2.45) is 5.92 Å². The highest BCUT2D eigenvalue weighted by Crippen LogP contribution is 2.40. The van der Waals surface area contributed by atoms with E-state index in [4.69, 9.17) is 23.2 Å². The third-order valence-corrected chi connectivity index (χ3v) is 6.95. The molecule has 1 N–H and O–H groups in total. The van der Waals surface area contributed by atoms with Crippen LogP contribution in [0.2, 0.25) is 10.0 Å². The summed E-state index contributed by atoms with van der Waals surface area (Å²) in [5, 5.41) is 14.0. The van der Waals surface area contributed by atoms with E-state index in [0.29, 0.717) is 16.6 Å². The molecule has 2 atom stereocenters. The van der Waals surface area contributed by atoms with E-state index in [2.05, 4.69) is 22.4 Å². The van der Waals surface area contributed by atoms with Crippen LogP contribution in [0.3, 0.4) is 0 Å². The Balaban J connectivity index is 1.82. The summed E-state index contributed by atoms with van der Waals surface area (Å²) in [6, 6.07) is 14.0. The van der Waals surface area contributed by atoms with Gasteiger partial charge in [0.05, 0.1) is 22.0 Å². The third-order valence-electron chi connectivity index (χ3n) is 5.23. The molecule has 140 valence electrons. The molecule has 1 saturated heterocycles. The zero-order chi connectivity index (χ0) is 19.0. The zero-order valence-corrected chi connectivity index (χ0v) is 16.9. The lowest BCUT2D eigenvalue weighted by Gasteiger charge is -2.37. The van der Waals surface area contributed by atoms with Crippen LogP contribution in [0.1, 0.15) is 30.0 Å². The molecule has 0 amide bonds. The lowest BCUT2D eigenvalue weighted by atomic mass is 9.91. The minimum atomic E-state index is -0.720. The van der Waals surface area contributed by atoms with Crippen molar-refractivity contribution in [1.82, 2.24) is 4.90 Å². The number of fused-ring (bicyclic) bond motifs is 1. The van der Waals surface area contributed by atoms with Crippen LogP contribution in [0.15, 0.2) is 47.8 Å². The average Bonchev–Trinajstić information content (AvgIpc) is 3.09. The van der Waals surface area contributed by atoms with E-state index < -0.39 is 5.97 Å². The standard InChI is InChI=1S/C21H19Cl2NO2S/c22-17-8-7-13(10-18(17)23)20(24-9-3-4-14(11-24)21(25)26)16-12-27-19-6-2-1-5-15(16)19/h1-2,5-8,10,12,14,20H,3-4,9,11H2,(H,25,26). The van der Waals surface area contributed by atoms with Crippen LogP contribution in [0.25, 0.3) is 10.1 Å². The minimum absolute atomic E-state index is 0.0435. The van der Waals surface area contributed by atoms with Crippen molar-refractivity contribution in [2.75, 3.05) is 13.1 Å². The molecule has 3 nitrogen and oxygen atoms in total. The number of halogens is 2. The van der Waals surface area contributed by atoms with E-state index in [1.54, 1.807) is 11.3 Å². The van der Waals surface area contributed by atoms with Crippen LogP contribution in [0.4, 0.5) is 0 Å². The predicted octanol–water partition coefficient (Wildman–Crippen LogP) is 6.09. The smallest absolute Gasteiger partial charge is 0.307 e. The fourth-order valence-electron chi connectivity index (χ4n) is 3.92. The molecular formula is C21H19Cl2NO2S. The maximum absolute atomic E-state index is 11.6. The molecule has 4 rings (SSSR count). The first-order chi connectivity index (χ1) is 13.0. The lowest BCUT2D eigenvalue weighted by Crippen LogP contribution is -2.41. The Bertz CT molecular complexity index is 987. The topological polar surface area (TPSA) is 40.5 Å². The normalized spacial score (nSPS) is 19.3. The number of nitrogens with zero attached hydrogens (tertiary/aromatic N) is 1. The summed E-state index contributed by atoms with van der Waals surface area (Å²) in [5.41, 5.74) is 2.24. The Morgan fingerprint density at radius 3 is 2.78 bits per heavy atom. The van der Waals surface area contributed by atoms with Crippen molar-refractivity contribution in [3.8, 4) is 0 Å². The number of carbonyl (C=O) groups is 1. The molecule has 6 heteroatoms. The van der Waals surface area contributed by atoms with Gasteiger partial charge < -0.3 is 5.11 Å². The van der Waals surface area contributed by atoms with Crippen LogP contribution < -0.4 is 0 Å². The molecule has 0 radical (unpaired) electrons. The van der Waals surface area contributed by atoms with Gasteiger partial charge >= 0.3 is 5.97 Å². The van der Waals surface area contributed by atoms with Crippen LogP contribution in [-0.4, -0.2) is 29.1 Å². The number of rotatable bonds is 4. The Morgan fingerprint density at radius 1 is 1.19 bits per heavy atom. The summed E-state index contributed by atoms with van der Waals surface area (Å²) in [7, 11) is 0. The Kier molecular flexibility index (Phi) is 5.42. The molecular weight excluding hydrogens is 401 g/mol. The number of benzene rings is 2.